The highest BCUT2D eigenvalue weighted by Crippen LogP contribution is 2.30. The first kappa shape index (κ1) is 15.2. The molecule has 0 N–H and O–H groups in total. The van der Waals surface area contributed by atoms with Gasteiger partial charge in [-0.05, 0) is 32.3 Å². The molecule has 0 atom stereocenters. The average Bonchev–Trinajstić information content (AvgIpc) is 2.87. The highest BCUT2D eigenvalue weighted by atomic mass is 32.1. The molecule has 3 rings (SSSR count). The second kappa shape index (κ2) is 6.20. The lowest BCUT2D eigenvalue weighted by molar-refractivity contribution is 0.0531. The van der Waals surface area contributed by atoms with Crippen molar-refractivity contribution in [2.24, 2.45) is 0 Å². The molecule has 0 aliphatic heterocycles. The van der Waals surface area contributed by atoms with E-state index in [1.165, 1.54) is 17.8 Å². The number of ether oxygens (including phenoxy) is 1. The van der Waals surface area contributed by atoms with Gasteiger partial charge in [0.15, 0.2) is 0 Å². The number of fused-ring (bicyclic) bond motifs is 1. The normalized spacial score (nSPS) is 16.1. The Morgan fingerprint density at radius 1 is 1.41 bits per heavy atom. The van der Waals surface area contributed by atoms with Crippen molar-refractivity contribution in [2.75, 3.05) is 6.61 Å². The molecule has 2 heterocycles. The standard InChI is InChI=1S/C16H20N2O3S/c1-3-21-16(20)13-10(2)12-14(22-13)17-9-18(15(12)19)11-7-5-4-6-8-11/h9,11H,3-8H2,1-2H3. The molecule has 118 valence electrons. The Hall–Kier alpha value is -1.69. The lowest BCUT2D eigenvalue weighted by Crippen LogP contribution is -2.26. The summed E-state index contributed by atoms with van der Waals surface area (Å²) in [5, 5.41) is 0.570. The molecular formula is C16H20N2O3S. The summed E-state index contributed by atoms with van der Waals surface area (Å²) in [5.74, 6) is -0.369. The summed E-state index contributed by atoms with van der Waals surface area (Å²) in [6.07, 6.45) is 7.26. The molecule has 0 radical (unpaired) electrons. The molecular weight excluding hydrogens is 300 g/mol. The van der Waals surface area contributed by atoms with Gasteiger partial charge < -0.3 is 4.74 Å². The number of carbonyl (C=O) groups excluding carboxylic acids is 1. The van der Waals surface area contributed by atoms with Gasteiger partial charge in [0.05, 0.1) is 18.3 Å². The van der Waals surface area contributed by atoms with E-state index < -0.39 is 0 Å². The molecule has 1 saturated carbocycles. The Morgan fingerprint density at radius 2 is 2.14 bits per heavy atom. The predicted molar refractivity (Wildman–Crippen MR) is 86.7 cm³/mol. The van der Waals surface area contributed by atoms with Gasteiger partial charge in [0, 0.05) is 6.04 Å². The molecule has 0 aromatic carbocycles. The van der Waals surface area contributed by atoms with E-state index in [4.69, 9.17) is 4.74 Å². The van der Waals surface area contributed by atoms with Crippen LogP contribution in [0.1, 0.15) is 60.3 Å². The molecule has 0 bridgehead atoms. The predicted octanol–water partition coefficient (Wildman–Crippen LogP) is 3.45. The van der Waals surface area contributed by atoms with E-state index in [2.05, 4.69) is 4.98 Å². The van der Waals surface area contributed by atoms with Crippen molar-refractivity contribution in [2.45, 2.75) is 52.0 Å². The minimum atomic E-state index is -0.369. The summed E-state index contributed by atoms with van der Waals surface area (Å²) >= 11 is 1.24. The number of nitrogens with zero attached hydrogens (tertiary/aromatic N) is 2. The zero-order chi connectivity index (χ0) is 15.7. The highest BCUT2D eigenvalue weighted by Gasteiger charge is 2.23. The first-order valence-electron chi connectivity index (χ1n) is 7.80. The van der Waals surface area contributed by atoms with E-state index in [1.807, 2.05) is 0 Å². The smallest absolute Gasteiger partial charge is 0.348 e. The summed E-state index contributed by atoms with van der Waals surface area (Å²) in [4.78, 5) is 30.3. The van der Waals surface area contributed by atoms with Crippen molar-refractivity contribution in [3.05, 3.63) is 27.1 Å². The molecule has 0 spiro atoms. The van der Waals surface area contributed by atoms with Crippen LogP contribution in [0.25, 0.3) is 10.2 Å². The maximum Gasteiger partial charge on any atom is 0.348 e. The molecule has 6 heteroatoms. The minimum Gasteiger partial charge on any atom is -0.462 e. The minimum absolute atomic E-state index is 0.0267. The Labute approximate surface area is 132 Å². The number of aromatic nitrogens is 2. The average molecular weight is 320 g/mol. The van der Waals surface area contributed by atoms with Crippen molar-refractivity contribution in [1.82, 2.24) is 9.55 Å². The molecule has 2 aromatic rings. The zero-order valence-corrected chi connectivity index (χ0v) is 13.7. The number of rotatable bonds is 3. The second-order valence-corrected chi connectivity index (χ2v) is 6.70. The number of esters is 1. The molecule has 1 aliphatic carbocycles. The van der Waals surface area contributed by atoms with Crippen LogP contribution in [0.2, 0.25) is 0 Å². The Kier molecular flexibility index (Phi) is 4.29. The Bertz CT molecular complexity index is 757. The lowest BCUT2D eigenvalue weighted by atomic mass is 9.95. The van der Waals surface area contributed by atoms with Gasteiger partial charge in [-0.15, -0.1) is 11.3 Å². The third kappa shape index (κ3) is 2.56. The first-order chi connectivity index (χ1) is 10.6. The van der Waals surface area contributed by atoms with Gasteiger partial charge >= 0.3 is 5.97 Å². The van der Waals surface area contributed by atoms with Crippen molar-refractivity contribution in [3.8, 4) is 0 Å². The fraction of sp³-hybridized carbons (Fsp3) is 0.562. The van der Waals surface area contributed by atoms with Gasteiger partial charge in [-0.2, -0.15) is 0 Å². The van der Waals surface area contributed by atoms with Gasteiger partial charge in [0.1, 0.15) is 9.71 Å². The van der Waals surface area contributed by atoms with Gasteiger partial charge in [-0.3, -0.25) is 9.36 Å². The van der Waals surface area contributed by atoms with Gasteiger partial charge in [-0.1, -0.05) is 19.3 Å². The molecule has 1 fully saturated rings. The van der Waals surface area contributed by atoms with Crippen molar-refractivity contribution >= 4 is 27.5 Å². The number of aryl methyl sites for hydroxylation is 1. The first-order valence-corrected chi connectivity index (χ1v) is 8.62. The monoisotopic (exact) mass is 320 g/mol. The van der Waals surface area contributed by atoms with Crippen molar-refractivity contribution in [3.63, 3.8) is 0 Å². The van der Waals surface area contributed by atoms with Crippen LogP contribution >= 0.6 is 11.3 Å². The van der Waals surface area contributed by atoms with E-state index in [-0.39, 0.29) is 17.6 Å². The van der Waals surface area contributed by atoms with Gasteiger partial charge in [-0.25, -0.2) is 9.78 Å². The molecule has 5 nitrogen and oxygen atoms in total. The Morgan fingerprint density at radius 3 is 2.82 bits per heavy atom. The summed E-state index contributed by atoms with van der Waals surface area (Å²) in [5.41, 5.74) is 0.669. The maximum absolute atomic E-state index is 12.8. The van der Waals surface area contributed by atoms with Crippen molar-refractivity contribution < 1.29 is 9.53 Å². The van der Waals surface area contributed by atoms with E-state index in [1.54, 1.807) is 24.7 Å². The number of hydrogen-bond acceptors (Lipinski definition) is 5. The molecule has 0 amide bonds. The molecule has 0 saturated heterocycles. The fourth-order valence-electron chi connectivity index (χ4n) is 3.15. The largest absolute Gasteiger partial charge is 0.462 e. The lowest BCUT2D eigenvalue weighted by Gasteiger charge is -2.23. The van der Waals surface area contributed by atoms with Crippen LogP contribution in [0.15, 0.2) is 11.1 Å². The highest BCUT2D eigenvalue weighted by molar-refractivity contribution is 7.20. The van der Waals surface area contributed by atoms with Crippen LogP contribution in [-0.4, -0.2) is 22.1 Å². The van der Waals surface area contributed by atoms with Crippen LogP contribution in [0.5, 0.6) is 0 Å². The van der Waals surface area contributed by atoms with Gasteiger partial charge in [0.2, 0.25) is 0 Å². The maximum atomic E-state index is 12.8. The summed E-state index contributed by atoms with van der Waals surface area (Å²) in [6, 6.07) is 0.239. The van der Waals surface area contributed by atoms with E-state index in [9.17, 15) is 9.59 Å². The molecule has 2 aromatic heterocycles. The third-order valence-electron chi connectivity index (χ3n) is 4.30. The number of hydrogen-bond donors (Lipinski definition) is 0. The summed E-state index contributed by atoms with van der Waals surface area (Å²) in [7, 11) is 0. The molecule has 0 unspecified atom stereocenters. The Balaban J connectivity index is 2.08. The van der Waals surface area contributed by atoms with Crippen LogP contribution in [0.4, 0.5) is 0 Å². The van der Waals surface area contributed by atoms with Crippen LogP contribution in [0, 0.1) is 6.92 Å². The number of carbonyl (C=O) groups is 1. The van der Waals surface area contributed by atoms with Crippen LogP contribution in [0.3, 0.4) is 0 Å². The molecule has 22 heavy (non-hydrogen) atoms. The topological polar surface area (TPSA) is 61.2 Å². The fourth-order valence-corrected chi connectivity index (χ4v) is 4.18. The van der Waals surface area contributed by atoms with Gasteiger partial charge in [0.25, 0.3) is 5.56 Å². The summed E-state index contributed by atoms with van der Waals surface area (Å²) < 4.78 is 6.82. The third-order valence-corrected chi connectivity index (χ3v) is 5.48. The van der Waals surface area contributed by atoms with E-state index in [0.29, 0.717) is 27.3 Å². The van der Waals surface area contributed by atoms with E-state index >= 15 is 0 Å². The number of thiophene rings is 1. The molecule has 1 aliphatic rings. The second-order valence-electron chi connectivity index (χ2n) is 5.71. The van der Waals surface area contributed by atoms with Crippen LogP contribution in [-0.2, 0) is 4.74 Å². The summed E-state index contributed by atoms with van der Waals surface area (Å²) in [6.45, 7) is 3.90. The van der Waals surface area contributed by atoms with Crippen molar-refractivity contribution in [1.29, 1.82) is 0 Å². The quantitative estimate of drug-likeness (QED) is 0.813. The SMILES string of the molecule is CCOC(=O)c1sc2ncn(C3CCCCC3)c(=O)c2c1C. The zero-order valence-electron chi connectivity index (χ0n) is 12.9. The van der Waals surface area contributed by atoms with E-state index in [0.717, 1.165) is 25.7 Å². The van der Waals surface area contributed by atoms with Crippen LogP contribution < -0.4 is 5.56 Å².